The van der Waals surface area contributed by atoms with Crippen LogP contribution in [0.15, 0.2) is 62.6 Å². The van der Waals surface area contributed by atoms with Crippen molar-refractivity contribution in [1.29, 1.82) is 0 Å². The van der Waals surface area contributed by atoms with Gasteiger partial charge in [-0.1, -0.05) is 18.2 Å². The number of hydrogen-bond acceptors (Lipinski definition) is 6. The predicted molar refractivity (Wildman–Crippen MR) is 124 cm³/mol. The quantitative estimate of drug-likeness (QED) is 0.624. The molecule has 2 aliphatic heterocycles. The number of nitrogens with zero attached hydrogens (tertiary/aromatic N) is 3. The summed E-state index contributed by atoms with van der Waals surface area (Å²) >= 11 is 0. The summed E-state index contributed by atoms with van der Waals surface area (Å²) < 4.78 is 32.9. The van der Waals surface area contributed by atoms with E-state index >= 15 is 0 Å². The highest BCUT2D eigenvalue weighted by Gasteiger charge is 2.36. The molecule has 1 atom stereocenters. The lowest BCUT2D eigenvalue weighted by Gasteiger charge is -2.39. The first kappa shape index (κ1) is 21.7. The molecule has 0 aliphatic carbocycles. The van der Waals surface area contributed by atoms with E-state index in [0.29, 0.717) is 38.0 Å². The minimum atomic E-state index is -3.81. The molecule has 5 rings (SSSR count). The number of piperazine rings is 1. The molecule has 174 valence electrons. The van der Waals surface area contributed by atoms with Gasteiger partial charge >= 0.3 is 5.76 Å². The van der Waals surface area contributed by atoms with E-state index in [0.717, 1.165) is 18.8 Å². The van der Waals surface area contributed by atoms with Crippen molar-refractivity contribution in [2.45, 2.75) is 17.7 Å². The van der Waals surface area contributed by atoms with Crippen LogP contribution in [0.5, 0.6) is 0 Å². The first-order valence-electron chi connectivity index (χ1n) is 11.1. The summed E-state index contributed by atoms with van der Waals surface area (Å²) in [7, 11) is -3.81. The molecule has 1 unspecified atom stereocenters. The molecule has 2 aliphatic rings. The molecule has 0 bridgehead atoms. The standard InChI is InChI=1S/C23H26N4O5S/c28-22(26-13-11-25(12-14-26)18-6-2-1-3-7-18)17-5-4-10-27(16-17)33(30,31)19-8-9-20-21(15-19)32-23(29)24-20/h1-3,6-9,15,17H,4-5,10-14,16H2,(H,24,29). The molecule has 1 aromatic heterocycles. The number of piperidine rings is 1. The molecule has 0 saturated carbocycles. The Bertz CT molecular complexity index is 1310. The number of aromatic nitrogens is 1. The van der Waals surface area contributed by atoms with Crippen molar-refractivity contribution in [1.82, 2.24) is 14.2 Å². The normalized spacial score (nSPS) is 20.3. The Hall–Kier alpha value is -3.11. The number of sulfonamides is 1. The van der Waals surface area contributed by atoms with E-state index in [-0.39, 0.29) is 28.8 Å². The number of aromatic amines is 1. The third-order valence-corrected chi connectivity index (χ3v) is 8.34. The fourth-order valence-electron chi connectivity index (χ4n) is 4.68. The van der Waals surface area contributed by atoms with Crippen molar-refractivity contribution in [3.8, 4) is 0 Å². The van der Waals surface area contributed by atoms with Crippen LogP contribution in [0.2, 0.25) is 0 Å². The Kier molecular flexibility index (Phi) is 5.71. The van der Waals surface area contributed by atoms with Crippen LogP contribution >= 0.6 is 0 Å². The van der Waals surface area contributed by atoms with Gasteiger partial charge in [-0.25, -0.2) is 13.2 Å². The monoisotopic (exact) mass is 470 g/mol. The van der Waals surface area contributed by atoms with Crippen molar-refractivity contribution in [2.24, 2.45) is 5.92 Å². The second-order valence-electron chi connectivity index (χ2n) is 8.52. The molecule has 3 heterocycles. The molecule has 10 heteroatoms. The summed E-state index contributed by atoms with van der Waals surface area (Å²) in [5.74, 6) is -0.962. The zero-order valence-electron chi connectivity index (χ0n) is 18.1. The SMILES string of the molecule is O=C(C1CCCN(S(=O)(=O)c2ccc3[nH]c(=O)oc3c2)C1)N1CCN(c2ccccc2)CC1. The van der Waals surface area contributed by atoms with E-state index in [4.69, 9.17) is 4.42 Å². The van der Waals surface area contributed by atoms with E-state index in [1.165, 1.54) is 22.5 Å². The number of hydrogen-bond donors (Lipinski definition) is 1. The third kappa shape index (κ3) is 4.28. The van der Waals surface area contributed by atoms with Gasteiger partial charge < -0.3 is 14.2 Å². The average molecular weight is 471 g/mol. The highest BCUT2D eigenvalue weighted by molar-refractivity contribution is 7.89. The number of amides is 1. The molecule has 0 radical (unpaired) electrons. The van der Waals surface area contributed by atoms with Crippen molar-refractivity contribution < 1.29 is 17.6 Å². The van der Waals surface area contributed by atoms with E-state index in [2.05, 4.69) is 22.0 Å². The number of nitrogens with one attached hydrogen (secondary N) is 1. The summed E-state index contributed by atoms with van der Waals surface area (Å²) in [6.07, 6.45) is 1.30. The van der Waals surface area contributed by atoms with Crippen molar-refractivity contribution in [2.75, 3.05) is 44.2 Å². The summed E-state index contributed by atoms with van der Waals surface area (Å²) in [6, 6.07) is 14.5. The van der Waals surface area contributed by atoms with Gasteiger partial charge in [0.05, 0.1) is 16.3 Å². The first-order chi connectivity index (χ1) is 15.9. The Balaban J connectivity index is 1.26. The number of oxazole rings is 1. The molecule has 9 nitrogen and oxygen atoms in total. The molecule has 2 saturated heterocycles. The Morgan fingerprint density at radius 2 is 1.76 bits per heavy atom. The Labute approximate surface area is 191 Å². The van der Waals surface area contributed by atoms with E-state index in [1.807, 2.05) is 23.1 Å². The van der Waals surface area contributed by atoms with Gasteiger partial charge in [0, 0.05) is 51.0 Å². The van der Waals surface area contributed by atoms with Crippen molar-refractivity contribution >= 4 is 32.7 Å². The maximum atomic E-state index is 13.2. The zero-order chi connectivity index (χ0) is 23.0. The maximum Gasteiger partial charge on any atom is 0.417 e. The summed E-state index contributed by atoms with van der Waals surface area (Å²) in [6.45, 7) is 3.29. The molecule has 0 spiro atoms. The molecular weight excluding hydrogens is 444 g/mol. The van der Waals surface area contributed by atoms with Gasteiger partial charge in [-0.15, -0.1) is 0 Å². The highest BCUT2D eigenvalue weighted by Crippen LogP contribution is 2.27. The summed E-state index contributed by atoms with van der Waals surface area (Å²) in [4.78, 5) is 31.3. The number of para-hydroxylation sites is 1. The number of benzene rings is 2. The third-order valence-electron chi connectivity index (χ3n) is 6.48. The van der Waals surface area contributed by atoms with Gasteiger partial charge in [-0.3, -0.25) is 9.78 Å². The largest absolute Gasteiger partial charge is 0.417 e. The van der Waals surface area contributed by atoms with Gasteiger partial charge in [0.25, 0.3) is 0 Å². The molecule has 2 aromatic carbocycles. The van der Waals surface area contributed by atoms with Gasteiger partial charge in [0.2, 0.25) is 15.9 Å². The summed E-state index contributed by atoms with van der Waals surface area (Å²) in [5, 5.41) is 0. The van der Waals surface area contributed by atoms with Crippen LogP contribution in [0, 0.1) is 5.92 Å². The molecule has 33 heavy (non-hydrogen) atoms. The Morgan fingerprint density at radius 3 is 2.52 bits per heavy atom. The second-order valence-corrected chi connectivity index (χ2v) is 10.5. The maximum absolute atomic E-state index is 13.2. The smallest absolute Gasteiger partial charge is 0.408 e. The summed E-state index contributed by atoms with van der Waals surface area (Å²) in [5.41, 5.74) is 1.79. The average Bonchev–Trinajstić information content (AvgIpc) is 3.23. The van der Waals surface area contributed by atoms with E-state index in [1.54, 1.807) is 0 Å². The number of H-pyrrole nitrogens is 1. The predicted octanol–water partition coefficient (Wildman–Crippen LogP) is 1.87. The minimum Gasteiger partial charge on any atom is -0.408 e. The Morgan fingerprint density at radius 1 is 1.00 bits per heavy atom. The van der Waals surface area contributed by atoms with Crippen LogP contribution in [-0.4, -0.2) is 67.8 Å². The lowest BCUT2D eigenvalue weighted by molar-refractivity contribution is -0.137. The van der Waals surface area contributed by atoms with Crippen LogP contribution in [0.4, 0.5) is 5.69 Å². The van der Waals surface area contributed by atoms with Gasteiger partial charge in [-0.05, 0) is 37.1 Å². The first-order valence-corrected chi connectivity index (χ1v) is 12.6. The second kappa shape index (κ2) is 8.68. The van der Waals surface area contributed by atoms with Crippen LogP contribution in [0.3, 0.4) is 0 Å². The van der Waals surface area contributed by atoms with Crippen LogP contribution in [0.25, 0.3) is 11.1 Å². The minimum absolute atomic E-state index is 0.0229. The van der Waals surface area contributed by atoms with E-state index in [9.17, 15) is 18.0 Å². The number of fused-ring (bicyclic) bond motifs is 1. The molecule has 1 amide bonds. The fraction of sp³-hybridized carbons (Fsp3) is 0.391. The highest BCUT2D eigenvalue weighted by atomic mass is 32.2. The number of carbonyl (C=O) groups excluding carboxylic acids is 1. The van der Waals surface area contributed by atoms with Crippen molar-refractivity contribution in [3.05, 3.63) is 59.1 Å². The van der Waals surface area contributed by atoms with E-state index < -0.39 is 15.8 Å². The lowest BCUT2D eigenvalue weighted by atomic mass is 9.97. The number of anilines is 1. The molecule has 1 N–H and O–H groups in total. The van der Waals surface area contributed by atoms with Crippen LogP contribution in [0.1, 0.15) is 12.8 Å². The lowest BCUT2D eigenvalue weighted by Crippen LogP contribution is -2.53. The van der Waals surface area contributed by atoms with Crippen molar-refractivity contribution in [3.63, 3.8) is 0 Å². The van der Waals surface area contributed by atoms with Gasteiger partial charge in [0.1, 0.15) is 0 Å². The van der Waals surface area contributed by atoms with Gasteiger partial charge in [0.15, 0.2) is 5.58 Å². The zero-order valence-corrected chi connectivity index (χ0v) is 19.0. The molecule has 2 fully saturated rings. The fourth-order valence-corrected chi connectivity index (χ4v) is 6.22. The molecule has 3 aromatic rings. The topological polar surface area (TPSA) is 107 Å². The number of carbonyl (C=O) groups is 1. The molecular formula is C23H26N4O5S. The van der Waals surface area contributed by atoms with Gasteiger partial charge in [-0.2, -0.15) is 4.31 Å². The van der Waals surface area contributed by atoms with Crippen LogP contribution < -0.4 is 10.7 Å². The van der Waals surface area contributed by atoms with Crippen LogP contribution in [-0.2, 0) is 14.8 Å². The number of rotatable bonds is 4.